The van der Waals surface area contributed by atoms with Gasteiger partial charge < -0.3 is 15.2 Å². The molecule has 1 atom stereocenters. The maximum atomic E-state index is 12.7. The number of nitrogens with one attached hydrogen (secondary N) is 1. The Labute approximate surface area is 176 Å². The molecule has 1 saturated heterocycles. The van der Waals surface area contributed by atoms with Crippen LogP contribution >= 0.6 is 11.6 Å². The van der Waals surface area contributed by atoms with Crippen molar-refractivity contribution in [3.05, 3.63) is 63.7 Å². The van der Waals surface area contributed by atoms with Gasteiger partial charge in [0.15, 0.2) is 0 Å². The van der Waals surface area contributed by atoms with Gasteiger partial charge in [0.05, 0.1) is 35.0 Å². The number of aromatic carboxylic acids is 1. The van der Waals surface area contributed by atoms with Gasteiger partial charge in [0.1, 0.15) is 0 Å². The Kier molecular flexibility index (Phi) is 5.27. The van der Waals surface area contributed by atoms with Crippen LogP contribution in [0, 0.1) is 0 Å². The first-order valence-electron chi connectivity index (χ1n) is 9.31. The van der Waals surface area contributed by atoms with Gasteiger partial charge in [0.25, 0.3) is 17.7 Å². The summed E-state index contributed by atoms with van der Waals surface area (Å²) < 4.78 is 5.51. The Hall–Kier alpha value is -3.23. The molecule has 30 heavy (non-hydrogen) atoms. The van der Waals surface area contributed by atoms with Crippen LogP contribution in [0.3, 0.4) is 0 Å². The van der Waals surface area contributed by atoms with E-state index in [-0.39, 0.29) is 45.6 Å². The molecule has 0 aliphatic carbocycles. The van der Waals surface area contributed by atoms with Gasteiger partial charge in [0.2, 0.25) is 0 Å². The Morgan fingerprint density at radius 2 is 1.90 bits per heavy atom. The highest BCUT2D eigenvalue weighted by Crippen LogP contribution is 2.27. The summed E-state index contributed by atoms with van der Waals surface area (Å²) in [5, 5.41) is 12.0. The number of amides is 3. The van der Waals surface area contributed by atoms with Crippen LogP contribution in [0.4, 0.5) is 5.69 Å². The normalized spacial score (nSPS) is 17.9. The third kappa shape index (κ3) is 3.67. The number of benzene rings is 2. The number of carbonyl (C=O) groups is 4. The summed E-state index contributed by atoms with van der Waals surface area (Å²) in [5.41, 5.74) is 0.401. The zero-order valence-corrected chi connectivity index (χ0v) is 16.4. The molecule has 1 fully saturated rings. The number of carbonyl (C=O) groups excluding carboxylic acids is 3. The summed E-state index contributed by atoms with van der Waals surface area (Å²) in [6.07, 6.45) is 1.50. The van der Waals surface area contributed by atoms with E-state index >= 15 is 0 Å². The zero-order valence-electron chi connectivity index (χ0n) is 15.7. The number of hydrogen-bond acceptors (Lipinski definition) is 5. The molecule has 0 radical (unpaired) electrons. The van der Waals surface area contributed by atoms with Gasteiger partial charge in [0, 0.05) is 17.2 Å². The fraction of sp³-hybridized carbons (Fsp3) is 0.238. The van der Waals surface area contributed by atoms with Gasteiger partial charge in [-0.05, 0) is 49.2 Å². The molecule has 4 rings (SSSR count). The molecule has 8 nitrogen and oxygen atoms in total. The quantitative estimate of drug-likeness (QED) is 0.707. The summed E-state index contributed by atoms with van der Waals surface area (Å²) in [7, 11) is 0. The zero-order chi connectivity index (χ0) is 21.4. The van der Waals surface area contributed by atoms with Crippen LogP contribution in [-0.2, 0) is 4.74 Å². The standard InChI is InChI=1S/C21H17ClN2O6/c22-12-4-6-17(16(9-12)21(28)29)23-18(25)11-3-5-14-15(8-11)20(27)24(19(14)26)10-13-2-1-7-30-13/h3-6,8-9,13H,1-2,7,10H2,(H,23,25)(H,28,29). The van der Waals surface area contributed by atoms with E-state index in [2.05, 4.69) is 5.32 Å². The van der Waals surface area contributed by atoms with Crippen LogP contribution in [0.15, 0.2) is 36.4 Å². The van der Waals surface area contributed by atoms with Gasteiger partial charge >= 0.3 is 5.97 Å². The van der Waals surface area contributed by atoms with E-state index in [1.807, 2.05) is 0 Å². The molecule has 0 saturated carbocycles. The van der Waals surface area contributed by atoms with Crippen LogP contribution in [-0.4, -0.2) is 53.0 Å². The van der Waals surface area contributed by atoms with E-state index in [0.717, 1.165) is 17.7 Å². The molecule has 3 amide bonds. The molecule has 154 valence electrons. The van der Waals surface area contributed by atoms with E-state index in [9.17, 15) is 24.3 Å². The van der Waals surface area contributed by atoms with Crippen molar-refractivity contribution in [2.24, 2.45) is 0 Å². The number of imide groups is 1. The number of ether oxygens (including phenoxy) is 1. The van der Waals surface area contributed by atoms with E-state index in [0.29, 0.717) is 6.61 Å². The first kappa shape index (κ1) is 20.1. The lowest BCUT2D eigenvalue weighted by Gasteiger charge is -2.17. The number of hydrogen-bond donors (Lipinski definition) is 2. The van der Waals surface area contributed by atoms with Gasteiger partial charge in [-0.15, -0.1) is 0 Å². The van der Waals surface area contributed by atoms with Crippen LogP contribution in [0.2, 0.25) is 5.02 Å². The highest BCUT2D eigenvalue weighted by atomic mass is 35.5. The lowest BCUT2D eigenvalue weighted by atomic mass is 10.0. The monoisotopic (exact) mass is 428 g/mol. The second-order valence-electron chi connectivity index (χ2n) is 7.07. The average molecular weight is 429 g/mol. The van der Waals surface area contributed by atoms with Crippen LogP contribution < -0.4 is 5.32 Å². The Morgan fingerprint density at radius 3 is 2.60 bits per heavy atom. The Morgan fingerprint density at radius 1 is 1.13 bits per heavy atom. The molecule has 2 aromatic carbocycles. The van der Waals surface area contributed by atoms with E-state index < -0.39 is 23.7 Å². The molecule has 0 aromatic heterocycles. The average Bonchev–Trinajstić information content (AvgIpc) is 3.32. The molecule has 9 heteroatoms. The predicted molar refractivity (Wildman–Crippen MR) is 107 cm³/mol. The first-order valence-corrected chi connectivity index (χ1v) is 9.69. The smallest absolute Gasteiger partial charge is 0.337 e. The van der Waals surface area contributed by atoms with Gasteiger partial charge in [-0.2, -0.15) is 0 Å². The van der Waals surface area contributed by atoms with Crippen LogP contribution in [0.1, 0.15) is 54.3 Å². The lowest BCUT2D eigenvalue weighted by Crippen LogP contribution is -2.36. The number of fused-ring (bicyclic) bond motifs is 1. The molecule has 2 heterocycles. The Balaban J connectivity index is 1.56. The van der Waals surface area contributed by atoms with Gasteiger partial charge in [-0.3, -0.25) is 19.3 Å². The van der Waals surface area contributed by atoms with Crippen molar-refractivity contribution in [1.82, 2.24) is 4.90 Å². The third-order valence-electron chi connectivity index (χ3n) is 5.10. The number of rotatable bonds is 5. The van der Waals surface area contributed by atoms with Crippen molar-refractivity contribution in [3.8, 4) is 0 Å². The number of carboxylic acids is 1. The summed E-state index contributed by atoms with van der Waals surface area (Å²) in [6.45, 7) is 0.793. The molecule has 1 unspecified atom stereocenters. The van der Waals surface area contributed by atoms with Crippen LogP contribution in [0.5, 0.6) is 0 Å². The summed E-state index contributed by atoms with van der Waals surface area (Å²) in [5.74, 6) is -2.74. The van der Waals surface area contributed by atoms with Crippen molar-refractivity contribution in [2.45, 2.75) is 18.9 Å². The molecule has 0 spiro atoms. The Bertz CT molecular complexity index is 1080. The van der Waals surface area contributed by atoms with Crippen LogP contribution in [0.25, 0.3) is 0 Å². The topological polar surface area (TPSA) is 113 Å². The SMILES string of the molecule is O=C(Nc1ccc(Cl)cc1C(=O)O)c1ccc2c(c1)C(=O)N(CC1CCCO1)C2=O. The molecular weight excluding hydrogens is 412 g/mol. The van der Waals surface area contributed by atoms with Crippen molar-refractivity contribution < 1.29 is 29.0 Å². The highest BCUT2D eigenvalue weighted by molar-refractivity contribution is 6.31. The van der Waals surface area contributed by atoms with E-state index in [1.165, 1.54) is 36.4 Å². The fourth-order valence-corrected chi connectivity index (χ4v) is 3.76. The minimum atomic E-state index is -1.24. The third-order valence-corrected chi connectivity index (χ3v) is 5.34. The number of nitrogens with zero attached hydrogens (tertiary/aromatic N) is 1. The van der Waals surface area contributed by atoms with Crippen molar-refractivity contribution in [1.29, 1.82) is 0 Å². The molecule has 2 aliphatic rings. The molecule has 2 N–H and O–H groups in total. The van der Waals surface area contributed by atoms with Crippen molar-refractivity contribution in [3.63, 3.8) is 0 Å². The predicted octanol–water partition coefficient (Wildman–Crippen LogP) is 3.07. The second kappa shape index (κ2) is 7.89. The molecular formula is C21H17ClN2O6. The largest absolute Gasteiger partial charge is 0.478 e. The second-order valence-corrected chi connectivity index (χ2v) is 7.50. The fourth-order valence-electron chi connectivity index (χ4n) is 3.59. The minimum absolute atomic E-state index is 0.0693. The summed E-state index contributed by atoms with van der Waals surface area (Å²) in [6, 6.07) is 8.27. The minimum Gasteiger partial charge on any atom is -0.478 e. The van der Waals surface area contributed by atoms with E-state index in [1.54, 1.807) is 0 Å². The van der Waals surface area contributed by atoms with E-state index in [4.69, 9.17) is 16.3 Å². The maximum Gasteiger partial charge on any atom is 0.337 e. The van der Waals surface area contributed by atoms with Gasteiger partial charge in [-0.1, -0.05) is 11.6 Å². The lowest BCUT2D eigenvalue weighted by molar-refractivity contribution is 0.0475. The first-order chi connectivity index (χ1) is 14.3. The number of carboxylic acid groups (broad SMARTS) is 1. The van der Waals surface area contributed by atoms with Gasteiger partial charge in [-0.25, -0.2) is 4.79 Å². The number of halogens is 1. The van der Waals surface area contributed by atoms with Crippen molar-refractivity contribution in [2.75, 3.05) is 18.5 Å². The maximum absolute atomic E-state index is 12.7. The summed E-state index contributed by atoms with van der Waals surface area (Å²) >= 11 is 5.82. The highest BCUT2D eigenvalue weighted by Gasteiger charge is 2.38. The molecule has 2 aliphatic heterocycles. The number of anilines is 1. The summed E-state index contributed by atoms with van der Waals surface area (Å²) in [4.78, 5) is 50.5. The molecule has 0 bridgehead atoms. The molecule has 2 aromatic rings. The van der Waals surface area contributed by atoms with Crippen molar-refractivity contribution >= 4 is 41.0 Å².